The van der Waals surface area contributed by atoms with E-state index in [9.17, 15) is 9.59 Å². The fourth-order valence-corrected chi connectivity index (χ4v) is 3.95. The van der Waals surface area contributed by atoms with Crippen LogP contribution in [0.5, 0.6) is 11.5 Å². The van der Waals surface area contributed by atoms with Crippen LogP contribution in [0.1, 0.15) is 25.3 Å². The monoisotopic (exact) mass is 448 g/mol. The van der Waals surface area contributed by atoms with E-state index in [1.54, 1.807) is 26.4 Å². The van der Waals surface area contributed by atoms with Gasteiger partial charge in [0, 0.05) is 30.5 Å². The van der Waals surface area contributed by atoms with Gasteiger partial charge in [-0.25, -0.2) is 4.98 Å². The fourth-order valence-electron chi connectivity index (χ4n) is 3.95. The summed E-state index contributed by atoms with van der Waals surface area (Å²) in [6.07, 6.45) is 3.44. The third-order valence-corrected chi connectivity index (χ3v) is 5.77. The second kappa shape index (κ2) is 9.77. The number of amides is 1. The zero-order valence-electron chi connectivity index (χ0n) is 19.1. The number of fused-ring (bicyclic) bond motifs is 3. The minimum Gasteiger partial charge on any atom is -0.493 e. The highest BCUT2D eigenvalue weighted by molar-refractivity contribution is 6.05. The van der Waals surface area contributed by atoms with Gasteiger partial charge in [0.2, 0.25) is 5.91 Å². The second-order valence-electron chi connectivity index (χ2n) is 8.09. The Morgan fingerprint density at radius 3 is 2.61 bits per heavy atom. The molecule has 4 aromatic rings. The zero-order chi connectivity index (χ0) is 23.4. The van der Waals surface area contributed by atoms with Gasteiger partial charge in [0.25, 0.3) is 5.56 Å². The molecule has 0 radical (unpaired) electrons. The van der Waals surface area contributed by atoms with Crippen LogP contribution in [0.2, 0.25) is 0 Å². The first-order chi connectivity index (χ1) is 16.0. The average molecular weight is 449 g/mol. The minimum absolute atomic E-state index is 0.0497. The Bertz CT molecular complexity index is 1330. The number of nitrogens with one attached hydrogen (secondary N) is 2. The third-order valence-electron chi connectivity index (χ3n) is 5.77. The molecule has 2 aromatic heterocycles. The lowest BCUT2D eigenvalue weighted by Crippen LogP contribution is -2.34. The van der Waals surface area contributed by atoms with Gasteiger partial charge in [0.1, 0.15) is 11.0 Å². The molecule has 0 saturated carbocycles. The molecule has 0 saturated heterocycles. The van der Waals surface area contributed by atoms with Crippen LogP contribution in [-0.2, 0) is 17.8 Å². The molecule has 0 fully saturated rings. The number of H-pyrrole nitrogens is 1. The van der Waals surface area contributed by atoms with Crippen molar-refractivity contribution >= 4 is 27.8 Å². The van der Waals surface area contributed by atoms with Gasteiger partial charge in [0.05, 0.1) is 26.1 Å². The van der Waals surface area contributed by atoms with E-state index in [2.05, 4.69) is 27.4 Å². The molecule has 2 heterocycles. The summed E-state index contributed by atoms with van der Waals surface area (Å²) in [6.45, 7) is 2.24. The molecule has 1 atom stereocenters. The lowest BCUT2D eigenvalue weighted by Gasteiger charge is -2.14. The Balaban J connectivity index is 1.43. The normalized spacial score (nSPS) is 12.1. The van der Waals surface area contributed by atoms with E-state index in [0.717, 1.165) is 23.7 Å². The Hall–Kier alpha value is -3.81. The first-order valence-electron chi connectivity index (χ1n) is 11.0. The molecule has 4 rings (SSSR count). The van der Waals surface area contributed by atoms with Crippen LogP contribution in [0.25, 0.3) is 21.9 Å². The van der Waals surface area contributed by atoms with E-state index in [-0.39, 0.29) is 30.5 Å². The Morgan fingerprint density at radius 2 is 1.88 bits per heavy atom. The molecular formula is C25H28N4O4. The van der Waals surface area contributed by atoms with Gasteiger partial charge >= 0.3 is 0 Å². The largest absolute Gasteiger partial charge is 0.493 e. The third kappa shape index (κ3) is 4.84. The van der Waals surface area contributed by atoms with Gasteiger partial charge in [-0.2, -0.15) is 0 Å². The first kappa shape index (κ1) is 22.4. The van der Waals surface area contributed by atoms with Gasteiger partial charge < -0.3 is 19.8 Å². The van der Waals surface area contributed by atoms with Crippen LogP contribution in [0, 0.1) is 0 Å². The lowest BCUT2D eigenvalue weighted by atomic mass is 10.1. The molecule has 172 valence electrons. The molecule has 2 aromatic carbocycles. The van der Waals surface area contributed by atoms with Crippen molar-refractivity contribution in [3.05, 3.63) is 64.7 Å². The predicted octanol–water partition coefficient (Wildman–Crippen LogP) is 3.42. The minimum atomic E-state index is -0.223. The second-order valence-corrected chi connectivity index (χ2v) is 8.09. The number of ether oxygens (including phenoxy) is 2. The maximum absolute atomic E-state index is 13.0. The molecule has 0 aliphatic rings. The number of nitrogens with zero attached hydrogens (tertiary/aromatic N) is 2. The van der Waals surface area contributed by atoms with Crippen LogP contribution in [-0.4, -0.2) is 40.7 Å². The number of carbonyl (C=O) groups is 1. The molecule has 0 bridgehead atoms. The number of aryl methyl sites for hydroxylation is 2. The highest BCUT2D eigenvalue weighted by atomic mass is 16.5. The summed E-state index contributed by atoms with van der Waals surface area (Å²) >= 11 is 0. The van der Waals surface area contributed by atoms with E-state index in [1.807, 2.05) is 25.1 Å². The van der Waals surface area contributed by atoms with Crippen molar-refractivity contribution in [3.63, 3.8) is 0 Å². The Morgan fingerprint density at radius 1 is 1.15 bits per heavy atom. The van der Waals surface area contributed by atoms with Gasteiger partial charge in [0.15, 0.2) is 11.5 Å². The zero-order valence-corrected chi connectivity index (χ0v) is 19.1. The topological polar surface area (TPSA) is 98.2 Å². The first-order valence-corrected chi connectivity index (χ1v) is 11.0. The predicted molar refractivity (Wildman–Crippen MR) is 128 cm³/mol. The molecule has 33 heavy (non-hydrogen) atoms. The molecule has 0 unspecified atom stereocenters. The van der Waals surface area contributed by atoms with Gasteiger partial charge in [-0.15, -0.1) is 0 Å². The Labute approximate surface area is 191 Å². The van der Waals surface area contributed by atoms with E-state index in [4.69, 9.17) is 9.47 Å². The smallest absolute Gasteiger partial charge is 0.277 e. The van der Waals surface area contributed by atoms with Crippen molar-refractivity contribution in [2.24, 2.45) is 0 Å². The summed E-state index contributed by atoms with van der Waals surface area (Å²) in [5, 5.41) is 3.79. The Kier molecular flexibility index (Phi) is 6.63. The summed E-state index contributed by atoms with van der Waals surface area (Å²) in [5.74, 6) is 1.04. The lowest BCUT2D eigenvalue weighted by molar-refractivity contribution is -0.121. The van der Waals surface area contributed by atoms with E-state index < -0.39 is 0 Å². The molecule has 0 spiro atoms. The van der Waals surface area contributed by atoms with Crippen molar-refractivity contribution < 1.29 is 14.3 Å². The average Bonchev–Trinajstić information content (AvgIpc) is 3.20. The molecular weight excluding hydrogens is 420 g/mol. The highest BCUT2D eigenvalue weighted by Gasteiger charge is 2.15. The van der Waals surface area contributed by atoms with Crippen molar-refractivity contribution in [3.8, 4) is 11.5 Å². The maximum Gasteiger partial charge on any atom is 0.277 e. The van der Waals surface area contributed by atoms with Gasteiger partial charge in [-0.05, 0) is 31.4 Å². The SMILES string of the molecule is COc1cc2[nH]c3c(=O)n(CCC(=O)N[C@H](C)CCc4ccccc4)cnc3c2cc1OC. The van der Waals surface area contributed by atoms with Crippen LogP contribution in [0.4, 0.5) is 0 Å². The number of methoxy groups -OCH3 is 2. The van der Waals surface area contributed by atoms with Crippen molar-refractivity contribution in [2.75, 3.05) is 14.2 Å². The highest BCUT2D eigenvalue weighted by Crippen LogP contribution is 2.34. The quantitative estimate of drug-likeness (QED) is 0.409. The number of rotatable bonds is 9. The molecule has 8 nitrogen and oxygen atoms in total. The van der Waals surface area contributed by atoms with Crippen LogP contribution in [0.15, 0.2) is 53.6 Å². The van der Waals surface area contributed by atoms with Crippen LogP contribution < -0.4 is 20.3 Å². The molecule has 0 aliphatic carbocycles. The van der Waals surface area contributed by atoms with Gasteiger partial charge in [-0.3, -0.25) is 14.2 Å². The number of hydrogen-bond donors (Lipinski definition) is 2. The number of hydrogen-bond acceptors (Lipinski definition) is 5. The number of aromatic nitrogens is 3. The summed E-state index contributed by atoms with van der Waals surface area (Å²) in [6, 6.07) is 13.8. The van der Waals surface area contributed by atoms with Crippen LogP contribution >= 0.6 is 0 Å². The summed E-state index contributed by atoms with van der Waals surface area (Å²) in [4.78, 5) is 33.0. The summed E-state index contributed by atoms with van der Waals surface area (Å²) in [5.41, 5.74) is 2.71. The molecule has 8 heteroatoms. The number of benzene rings is 2. The van der Waals surface area contributed by atoms with Gasteiger partial charge in [-0.1, -0.05) is 30.3 Å². The molecule has 1 amide bonds. The van der Waals surface area contributed by atoms with E-state index >= 15 is 0 Å². The summed E-state index contributed by atoms with van der Waals surface area (Å²) < 4.78 is 12.2. The fraction of sp³-hybridized carbons (Fsp3) is 0.320. The van der Waals surface area contributed by atoms with Crippen molar-refractivity contribution in [2.45, 2.75) is 38.8 Å². The van der Waals surface area contributed by atoms with Crippen molar-refractivity contribution in [1.29, 1.82) is 0 Å². The maximum atomic E-state index is 13.0. The number of carbonyl (C=O) groups excluding carboxylic acids is 1. The number of aromatic amines is 1. The standard InChI is InChI=1S/C25H28N4O4/c1-16(9-10-17-7-5-4-6-8-17)27-22(30)11-12-29-15-26-23-18-13-20(32-2)21(33-3)14-19(18)28-24(23)25(29)31/h4-8,13-16,28H,9-12H2,1-3H3,(H,27,30)/t16-/m1/s1. The van der Waals surface area contributed by atoms with Crippen molar-refractivity contribution in [1.82, 2.24) is 19.9 Å². The van der Waals surface area contributed by atoms with E-state index in [0.29, 0.717) is 22.5 Å². The molecule has 2 N–H and O–H groups in total. The van der Waals surface area contributed by atoms with Crippen LogP contribution in [0.3, 0.4) is 0 Å². The summed E-state index contributed by atoms with van der Waals surface area (Å²) in [7, 11) is 3.12. The molecule has 0 aliphatic heterocycles. The van der Waals surface area contributed by atoms with E-state index in [1.165, 1.54) is 16.5 Å².